The lowest BCUT2D eigenvalue weighted by atomic mass is 10.1. The third-order valence-corrected chi connectivity index (χ3v) is 3.37. The standard InChI is InChI=1S/C15H13NO3/c1-8-4-5-13-10(6-8)14(18)11-7-12(9(2)17)16(3)15(11)19-13/h4-7H,1-3H3. The summed E-state index contributed by atoms with van der Waals surface area (Å²) in [5, 5.41) is 0.999. The van der Waals surface area contributed by atoms with Gasteiger partial charge in [-0.05, 0) is 25.1 Å². The highest BCUT2D eigenvalue weighted by Crippen LogP contribution is 2.22. The molecule has 2 aromatic heterocycles. The molecular formula is C15H13NO3. The average molecular weight is 255 g/mol. The number of ketones is 1. The summed E-state index contributed by atoms with van der Waals surface area (Å²) >= 11 is 0. The van der Waals surface area contributed by atoms with Crippen LogP contribution in [0.15, 0.2) is 33.5 Å². The molecule has 0 spiro atoms. The predicted molar refractivity (Wildman–Crippen MR) is 73.7 cm³/mol. The maximum atomic E-state index is 12.4. The third-order valence-electron chi connectivity index (χ3n) is 3.37. The largest absolute Gasteiger partial charge is 0.439 e. The molecule has 2 heterocycles. The Morgan fingerprint density at radius 2 is 1.95 bits per heavy atom. The lowest BCUT2D eigenvalue weighted by Gasteiger charge is -2.01. The number of aromatic nitrogens is 1. The number of hydrogen-bond acceptors (Lipinski definition) is 3. The van der Waals surface area contributed by atoms with E-state index in [4.69, 9.17) is 4.42 Å². The number of hydrogen-bond donors (Lipinski definition) is 0. The molecular weight excluding hydrogens is 242 g/mol. The molecule has 0 N–H and O–H groups in total. The highest BCUT2D eigenvalue weighted by Gasteiger charge is 2.16. The number of rotatable bonds is 1. The highest BCUT2D eigenvalue weighted by atomic mass is 16.3. The van der Waals surface area contributed by atoms with Crippen LogP contribution in [-0.2, 0) is 7.05 Å². The zero-order valence-corrected chi connectivity index (χ0v) is 11.0. The predicted octanol–water partition coefficient (Wildman–Crippen LogP) is 2.80. The Morgan fingerprint density at radius 3 is 2.63 bits per heavy atom. The Bertz CT molecular complexity index is 884. The molecule has 4 heteroatoms. The molecule has 0 aliphatic heterocycles. The van der Waals surface area contributed by atoms with Crippen molar-refractivity contribution < 1.29 is 9.21 Å². The second kappa shape index (κ2) is 3.82. The molecule has 0 fully saturated rings. The molecule has 0 saturated carbocycles. The molecule has 4 nitrogen and oxygen atoms in total. The lowest BCUT2D eigenvalue weighted by Crippen LogP contribution is -2.02. The summed E-state index contributed by atoms with van der Waals surface area (Å²) in [6.45, 7) is 3.40. The maximum Gasteiger partial charge on any atom is 0.211 e. The van der Waals surface area contributed by atoms with Gasteiger partial charge in [-0.1, -0.05) is 11.6 Å². The Kier molecular flexibility index (Phi) is 2.35. The van der Waals surface area contributed by atoms with Crippen LogP contribution >= 0.6 is 0 Å². The molecule has 0 unspecified atom stereocenters. The number of Topliss-reactive ketones (excluding diaryl/α,β-unsaturated/α-hetero) is 1. The minimum absolute atomic E-state index is 0.0893. The van der Waals surface area contributed by atoms with Crippen molar-refractivity contribution in [3.05, 3.63) is 45.7 Å². The van der Waals surface area contributed by atoms with Crippen molar-refractivity contribution >= 4 is 27.9 Å². The van der Waals surface area contributed by atoms with Crippen LogP contribution in [0.4, 0.5) is 0 Å². The van der Waals surface area contributed by atoms with Crippen molar-refractivity contribution in [3.63, 3.8) is 0 Å². The van der Waals surface area contributed by atoms with Gasteiger partial charge in [0.15, 0.2) is 5.78 Å². The minimum Gasteiger partial charge on any atom is -0.439 e. The van der Waals surface area contributed by atoms with Crippen molar-refractivity contribution in [2.24, 2.45) is 7.05 Å². The molecule has 0 amide bonds. The van der Waals surface area contributed by atoms with E-state index in [-0.39, 0.29) is 11.2 Å². The second-order valence-electron chi connectivity index (χ2n) is 4.79. The zero-order chi connectivity index (χ0) is 13.7. The van der Waals surface area contributed by atoms with Gasteiger partial charge in [-0.25, -0.2) is 0 Å². The van der Waals surface area contributed by atoms with Crippen LogP contribution in [-0.4, -0.2) is 10.4 Å². The van der Waals surface area contributed by atoms with Gasteiger partial charge < -0.3 is 8.98 Å². The number of fused-ring (bicyclic) bond motifs is 2. The van der Waals surface area contributed by atoms with Crippen molar-refractivity contribution in [1.29, 1.82) is 0 Å². The molecule has 0 saturated heterocycles. The first-order chi connectivity index (χ1) is 8.99. The fraction of sp³-hybridized carbons (Fsp3) is 0.200. The minimum atomic E-state index is -0.0944. The van der Waals surface area contributed by atoms with E-state index in [0.717, 1.165) is 5.56 Å². The van der Waals surface area contributed by atoms with E-state index >= 15 is 0 Å². The summed E-state index contributed by atoms with van der Waals surface area (Å²) in [6, 6.07) is 7.09. The Labute approximate surface area is 109 Å². The normalized spacial score (nSPS) is 11.3. The van der Waals surface area contributed by atoms with E-state index in [2.05, 4.69) is 0 Å². The molecule has 0 aliphatic rings. The van der Waals surface area contributed by atoms with Crippen molar-refractivity contribution in [1.82, 2.24) is 4.57 Å². The van der Waals surface area contributed by atoms with Crippen molar-refractivity contribution in [3.8, 4) is 0 Å². The van der Waals surface area contributed by atoms with E-state index in [1.165, 1.54) is 6.92 Å². The van der Waals surface area contributed by atoms with Crippen molar-refractivity contribution in [2.45, 2.75) is 13.8 Å². The van der Waals surface area contributed by atoms with Crippen LogP contribution in [0.25, 0.3) is 22.1 Å². The summed E-state index contributed by atoms with van der Waals surface area (Å²) in [7, 11) is 1.72. The second-order valence-corrected chi connectivity index (χ2v) is 4.79. The van der Waals surface area contributed by atoms with Crippen LogP contribution in [0.2, 0.25) is 0 Å². The number of carbonyl (C=O) groups is 1. The number of carbonyl (C=O) groups excluding carboxylic acids is 1. The molecule has 3 aromatic rings. The van der Waals surface area contributed by atoms with E-state index in [1.807, 2.05) is 13.0 Å². The van der Waals surface area contributed by atoms with Gasteiger partial charge in [0.25, 0.3) is 0 Å². The van der Waals surface area contributed by atoms with E-state index in [9.17, 15) is 9.59 Å². The van der Waals surface area contributed by atoms with Gasteiger partial charge in [-0.3, -0.25) is 9.59 Å². The maximum absolute atomic E-state index is 12.4. The summed E-state index contributed by atoms with van der Waals surface area (Å²) < 4.78 is 7.38. The number of nitrogens with zero attached hydrogens (tertiary/aromatic N) is 1. The summed E-state index contributed by atoms with van der Waals surface area (Å²) in [5.74, 6) is -0.0893. The topological polar surface area (TPSA) is 52.2 Å². The fourth-order valence-corrected chi connectivity index (χ4v) is 2.37. The first-order valence-electron chi connectivity index (χ1n) is 6.03. The summed E-state index contributed by atoms with van der Waals surface area (Å²) in [5.41, 5.74) is 2.36. The zero-order valence-electron chi connectivity index (χ0n) is 11.0. The average Bonchev–Trinajstić information content (AvgIpc) is 2.69. The molecule has 0 atom stereocenters. The molecule has 3 rings (SSSR count). The molecule has 0 radical (unpaired) electrons. The quantitative estimate of drug-likeness (QED) is 0.628. The Hall–Kier alpha value is -2.36. The molecule has 1 aromatic carbocycles. The summed E-state index contributed by atoms with van der Waals surface area (Å²) in [6.07, 6.45) is 0. The first kappa shape index (κ1) is 11.7. The Balaban J connectivity index is 2.54. The Morgan fingerprint density at radius 1 is 1.21 bits per heavy atom. The van der Waals surface area contributed by atoms with Gasteiger partial charge in [0.1, 0.15) is 5.58 Å². The van der Waals surface area contributed by atoms with Gasteiger partial charge in [0.05, 0.1) is 16.5 Å². The SMILES string of the molecule is CC(=O)c1cc2c(=O)c3cc(C)ccc3oc2n1C. The van der Waals surface area contributed by atoms with Gasteiger partial charge in [-0.15, -0.1) is 0 Å². The van der Waals surface area contributed by atoms with E-state index < -0.39 is 0 Å². The van der Waals surface area contributed by atoms with E-state index in [0.29, 0.717) is 27.8 Å². The van der Waals surface area contributed by atoms with Gasteiger partial charge in [0.2, 0.25) is 11.1 Å². The van der Waals surface area contributed by atoms with Gasteiger partial charge >= 0.3 is 0 Å². The van der Waals surface area contributed by atoms with Crippen LogP contribution in [0.3, 0.4) is 0 Å². The molecule has 19 heavy (non-hydrogen) atoms. The molecule has 0 aliphatic carbocycles. The number of benzene rings is 1. The van der Waals surface area contributed by atoms with Crippen LogP contribution < -0.4 is 5.43 Å². The third kappa shape index (κ3) is 1.60. The lowest BCUT2D eigenvalue weighted by molar-refractivity contribution is 0.101. The van der Waals surface area contributed by atoms with E-state index in [1.54, 1.807) is 29.8 Å². The van der Waals surface area contributed by atoms with Gasteiger partial charge in [0, 0.05) is 14.0 Å². The monoisotopic (exact) mass is 255 g/mol. The number of aryl methyl sites for hydroxylation is 2. The van der Waals surface area contributed by atoms with Crippen LogP contribution in [0, 0.1) is 6.92 Å². The fourth-order valence-electron chi connectivity index (χ4n) is 2.37. The first-order valence-corrected chi connectivity index (χ1v) is 6.03. The van der Waals surface area contributed by atoms with Gasteiger partial charge in [-0.2, -0.15) is 0 Å². The smallest absolute Gasteiger partial charge is 0.211 e. The highest BCUT2D eigenvalue weighted by molar-refractivity contribution is 5.99. The van der Waals surface area contributed by atoms with Crippen LogP contribution in [0.5, 0.6) is 0 Å². The molecule has 96 valence electrons. The molecule has 0 bridgehead atoms. The van der Waals surface area contributed by atoms with Crippen LogP contribution in [0.1, 0.15) is 23.0 Å². The summed E-state index contributed by atoms with van der Waals surface area (Å²) in [4.78, 5) is 24.0. The van der Waals surface area contributed by atoms with Crippen molar-refractivity contribution in [2.75, 3.05) is 0 Å².